The lowest BCUT2D eigenvalue weighted by molar-refractivity contribution is -0.147. The van der Waals surface area contributed by atoms with Crippen LogP contribution in [0.15, 0.2) is 102 Å². The fourth-order valence-electron chi connectivity index (χ4n) is 5.15. The maximum absolute atomic E-state index is 13.1. The second-order valence-electron chi connectivity index (χ2n) is 10.7. The van der Waals surface area contributed by atoms with Crippen molar-refractivity contribution in [1.29, 1.82) is 0 Å². The highest BCUT2D eigenvalue weighted by Crippen LogP contribution is 2.44. The third kappa shape index (κ3) is 7.06. The number of aryl methyl sites for hydroxylation is 1. The molecule has 9 heteroatoms. The Morgan fingerprint density at radius 3 is 1.98 bits per heavy atom. The van der Waals surface area contributed by atoms with Crippen LogP contribution in [0.4, 0.5) is 4.79 Å². The zero-order valence-corrected chi connectivity index (χ0v) is 25.0. The van der Waals surface area contributed by atoms with E-state index >= 15 is 0 Å². The maximum atomic E-state index is 13.1. The molecule has 1 aliphatic rings. The molecule has 0 aliphatic heterocycles. The van der Waals surface area contributed by atoms with E-state index in [1.165, 1.54) is 24.3 Å². The number of hydrogen-bond acceptors (Lipinski definition) is 7. The van der Waals surface area contributed by atoms with Crippen molar-refractivity contribution in [2.24, 2.45) is 0 Å². The molecule has 0 spiro atoms. The lowest BCUT2D eigenvalue weighted by Gasteiger charge is -2.21. The van der Waals surface area contributed by atoms with E-state index in [0.717, 1.165) is 27.8 Å². The van der Waals surface area contributed by atoms with Gasteiger partial charge in [-0.3, -0.25) is 4.79 Å². The number of ether oxygens (including phenoxy) is 2. The number of rotatable bonds is 10. The second-order valence-corrected chi connectivity index (χ2v) is 12.2. The van der Waals surface area contributed by atoms with E-state index in [4.69, 9.17) is 13.7 Å². The van der Waals surface area contributed by atoms with Crippen molar-refractivity contribution in [1.82, 2.24) is 5.32 Å². The summed E-state index contributed by atoms with van der Waals surface area (Å²) in [5, 5.41) is 2.79. The Labute approximate surface area is 251 Å². The summed E-state index contributed by atoms with van der Waals surface area (Å²) in [5.74, 6) is -0.524. The Morgan fingerprint density at radius 2 is 1.40 bits per heavy atom. The summed E-state index contributed by atoms with van der Waals surface area (Å²) in [5.41, 5.74) is 5.89. The fourth-order valence-corrected chi connectivity index (χ4v) is 6.08. The quantitative estimate of drug-likeness (QED) is 0.160. The number of carbonyl (C=O) groups is 2. The van der Waals surface area contributed by atoms with Gasteiger partial charge in [0.05, 0.1) is 18.6 Å². The third-order valence-electron chi connectivity index (χ3n) is 7.17. The van der Waals surface area contributed by atoms with Crippen LogP contribution in [-0.2, 0) is 24.4 Å². The highest BCUT2D eigenvalue weighted by Gasteiger charge is 2.30. The van der Waals surface area contributed by atoms with Gasteiger partial charge in [0, 0.05) is 5.92 Å². The number of nitrogens with one attached hydrogen (secondary N) is 1. The topological polar surface area (TPSA) is 108 Å². The van der Waals surface area contributed by atoms with Crippen molar-refractivity contribution in [3.63, 3.8) is 0 Å². The number of alkyl carbamates (subject to hydrolysis) is 1. The standard InChI is InChI=1S/C34H33NO7S/c1-22(2)41-33(36)20-32(24-14-16-25(17-15-24)42-43(38,39)26-18-12-23(3)13-19-26)35-34(37)40-21-31-29-10-6-4-8-27(29)28-9-5-7-11-30(28)31/h4-19,22,31-32H,20-21H2,1-3H3,(H,35,37). The molecule has 0 bridgehead atoms. The van der Waals surface area contributed by atoms with E-state index in [1.54, 1.807) is 38.1 Å². The first-order valence-electron chi connectivity index (χ1n) is 14.0. The molecule has 1 aliphatic carbocycles. The van der Waals surface area contributed by atoms with Gasteiger partial charge in [-0.1, -0.05) is 78.4 Å². The van der Waals surface area contributed by atoms with Gasteiger partial charge in [0.1, 0.15) is 17.3 Å². The van der Waals surface area contributed by atoms with E-state index < -0.39 is 28.2 Å². The molecule has 4 aromatic carbocycles. The van der Waals surface area contributed by atoms with Crippen LogP contribution in [-0.4, -0.2) is 33.2 Å². The lowest BCUT2D eigenvalue weighted by Crippen LogP contribution is -2.32. The van der Waals surface area contributed by atoms with Gasteiger partial charge in [-0.25, -0.2) is 4.79 Å². The number of esters is 1. The molecule has 222 valence electrons. The van der Waals surface area contributed by atoms with Crippen molar-refractivity contribution in [2.45, 2.75) is 50.2 Å². The number of hydrogen-bond donors (Lipinski definition) is 1. The predicted octanol–water partition coefficient (Wildman–Crippen LogP) is 6.68. The molecular formula is C34H33NO7S. The van der Waals surface area contributed by atoms with Crippen molar-refractivity contribution >= 4 is 22.2 Å². The molecule has 1 unspecified atom stereocenters. The van der Waals surface area contributed by atoms with Gasteiger partial charge in [0.2, 0.25) is 0 Å². The van der Waals surface area contributed by atoms with Crippen LogP contribution >= 0.6 is 0 Å². The number of fused-ring (bicyclic) bond motifs is 3. The summed E-state index contributed by atoms with van der Waals surface area (Å²) < 4.78 is 41.7. The van der Waals surface area contributed by atoms with Gasteiger partial charge < -0.3 is 19.0 Å². The molecule has 0 aromatic heterocycles. The molecule has 0 saturated carbocycles. The van der Waals surface area contributed by atoms with Crippen molar-refractivity contribution in [3.8, 4) is 16.9 Å². The van der Waals surface area contributed by atoms with Crippen LogP contribution in [0.25, 0.3) is 11.1 Å². The van der Waals surface area contributed by atoms with E-state index in [-0.39, 0.29) is 35.7 Å². The van der Waals surface area contributed by atoms with Gasteiger partial charge in [0.15, 0.2) is 0 Å². The van der Waals surface area contributed by atoms with E-state index in [9.17, 15) is 18.0 Å². The summed E-state index contributed by atoms with van der Waals surface area (Å²) in [4.78, 5) is 25.7. The first-order chi connectivity index (χ1) is 20.6. The molecule has 0 radical (unpaired) electrons. The number of carbonyl (C=O) groups excluding carboxylic acids is 2. The second kappa shape index (κ2) is 12.7. The predicted molar refractivity (Wildman–Crippen MR) is 162 cm³/mol. The van der Waals surface area contributed by atoms with Crippen molar-refractivity contribution in [2.75, 3.05) is 6.61 Å². The van der Waals surface area contributed by atoms with Crippen LogP contribution < -0.4 is 9.50 Å². The summed E-state index contributed by atoms with van der Waals surface area (Å²) in [6.07, 6.45) is -1.17. The average molecular weight is 600 g/mol. The maximum Gasteiger partial charge on any atom is 0.407 e. The number of amides is 1. The molecule has 8 nitrogen and oxygen atoms in total. The molecule has 1 atom stereocenters. The van der Waals surface area contributed by atoms with E-state index in [2.05, 4.69) is 17.4 Å². The van der Waals surface area contributed by atoms with Gasteiger partial charge in [0.25, 0.3) is 0 Å². The minimum absolute atomic E-state index is 0.0356. The summed E-state index contributed by atoms with van der Waals surface area (Å²) in [6, 6.07) is 27.8. The van der Waals surface area contributed by atoms with Gasteiger partial charge in [-0.2, -0.15) is 8.42 Å². The summed E-state index contributed by atoms with van der Waals surface area (Å²) >= 11 is 0. The molecular weight excluding hydrogens is 566 g/mol. The molecule has 1 amide bonds. The molecule has 1 N–H and O–H groups in total. The lowest BCUT2D eigenvalue weighted by atomic mass is 9.98. The molecule has 0 fully saturated rings. The van der Waals surface area contributed by atoms with Crippen LogP contribution in [0.2, 0.25) is 0 Å². The fraction of sp³-hybridized carbons (Fsp3) is 0.235. The average Bonchev–Trinajstić information content (AvgIpc) is 3.29. The zero-order chi connectivity index (χ0) is 30.6. The molecule has 43 heavy (non-hydrogen) atoms. The molecule has 0 saturated heterocycles. The Hall–Kier alpha value is -4.63. The first kappa shape index (κ1) is 29.8. The monoisotopic (exact) mass is 599 g/mol. The van der Waals surface area contributed by atoms with Gasteiger partial charge >= 0.3 is 22.2 Å². The minimum atomic E-state index is -4.04. The van der Waals surface area contributed by atoms with Crippen molar-refractivity contribution < 1.29 is 31.7 Å². The minimum Gasteiger partial charge on any atom is -0.463 e. The Balaban J connectivity index is 1.29. The SMILES string of the molecule is Cc1ccc(S(=O)(=O)Oc2ccc(C(CC(=O)OC(C)C)NC(=O)OCC3c4ccccc4-c4ccccc43)cc2)cc1. The van der Waals surface area contributed by atoms with Crippen LogP contribution in [0.1, 0.15) is 54.5 Å². The van der Waals surface area contributed by atoms with Crippen LogP contribution in [0, 0.1) is 6.92 Å². The Kier molecular flexibility index (Phi) is 8.82. The molecule has 0 heterocycles. The number of benzene rings is 4. The summed E-state index contributed by atoms with van der Waals surface area (Å²) in [6.45, 7) is 5.46. The van der Waals surface area contributed by atoms with Crippen LogP contribution in [0.3, 0.4) is 0 Å². The van der Waals surface area contributed by atoms with Gasteiger partial charge in [-0.05, 0) is 72.9 Å². The van der Waals surface area contributed by atoms with Gasteiger partial charge in [-0.15, -0.1) is 0 Å². The largest absolute Gasteiger partial charge is 0.463 e. The zero-order valence-electron chi connectivity index (χ0n) is 24.1. The third-order valence-corrected chi connectivity index (χ3v) is 8.43. The summed E-state index contributed by atoms with van der Waals surface area (Å²) in [7, 11) is -4.04. The smallest absolute Gasteiger partial charge is 0.407 e. The van der Waals surface area contributed by atoms with Crippen molar-refractivity contribution in [3.05, 3.63) is 119 Å². The van der Waals surface area contributed by atoms with Crippen LogP contribution in [0.5, 0.6) is 5.75 Å². The normalized spacial score (nSPS) is 13.1. The molecule has 5 rings (SSSR count). The highest BCUT2D eigenvalue weighted by atomic mass is 32.2. The van der Waals surface area contributed by atoms with E-state index in [1.807, 2.05) is 43.3 Å². The Morgan fingerprint density at radius 1 is 0.814 bits per heavy atom. The molecule has 4 aromatic rings. The highest BCUT2D eigenvalue weighted by molar-refractivity contribution is 7.87. The Bertz CT molecular complexity index is 1670. The van der Waals surface area contributed by atoms with E-state index in [0.29, 0.717) is 5.56 Å². The first-order valence-corrected chi connectivity index (χ1v) is 15.4.